The van der Waals surface area contributed by atoms with E-state index in [-0.39, 0.29) is 23.1 Å². The summed E-state index contributed by atoms with van der Waals surface area (Å²) in [6.45, 7) is 2.08. The average Bonchev–Trinajstić information content (AvgIpc) is 3.04. The lowest BCUT2D eigenvalue weighted by Crippen LogP contribution is -2.42. The Morgan fingerprint density at radius 3 is 2.85 bits per heavy atom. The van der Waals surface area contributed by atoms with Crippen molar-refractivity contribution >= 4 is 5.91 Å². The zero-order valence-electron chi connectivity index (χ0n) is 12.1. The molecule has 0 aliphatic heterocycles. The molecule has 20 heavy (non-hydrogen) atoms. The number of aromatic nitrogens is 1. The van der Waals surface area contributed by atoms with Crippen LogP contribution in [0.25, 0.3) is 0 Å². The molecule has 4 heteroatoms. The van der Waals surface area contributed by atoms with E-state index in [1.807, 2.05) is 0 Å². The molecule has 108 valence electrons. The van der Waals surface area contributed by atoms with Crippen LogP contribution >= 0.6 is 0 Å². The molecule has 4 nitrogen and oxygen atoms in total. The lowest BCUT2D eigenvalue weighted by molar-refractivity contribution is 0.0913. The minimum atomic E-state index is -0.235. The van der Waals surface area contributed by atoms with Crippen LogP contribution in [0.1, 0.15) is 43.0 Å². The third-order valence-corrected chi connectivity index (χ3v) is 5.16. The van der Waals surface area contributed by atoms with Gasteiger partial charge in [0.25, 0.3) is 11.5 Å². The summed E-state index contributed by atoms with van der Waals surface area (Å²) in [6, 6.07) is 3.49. The number of carbonyl (C=O) groups is 1. The first kappa shape index (κ1) is 13.4. The van der Waals surface area contributed by atoms with Gasteiger partial charge < -0.3 is 9.88 Å². The van der Waals surface area contributed by atoms with Crippen LogP contribution in [0.5, 0.6) is 0 Å². The molecule has 2 fully saturated rings. The number of rotatable bonds is 3. The maximum Gasteiger partial charge on any atom is 0.263 e. The lowest BCUT2D eigenvalue weighted by Gasteiger charge is -2.28. The second kappa shape index (κ2) is 5.08. The largest absolute Gasteiger partial charge is 0.349 e. The fourth-order valence-corrected chi connectivity index (χ4v) is 4.07. The van der Waals surface area contributed by atoms with Gasteiger partial charge in [0, 0.05) is 19.3 Å². The molecule has 1 N–H and O–H groups in total. The van der Waals surface area contributed by atoms with Gasteiger partial charge in [-0.3, -0.25) is 9.59 Å². The van der Waals surface area contributed by atoms with Crippen LogP contribution in [0.15, 0.2) is 23.1 Å². The molecule has 0 aromatic carbocycles. The van der Waals surface area contributed by atoms with Crippen LogP contribution < -0.4 is 10.9 Å². The zero-order valence-corrected chi connectivity index (χ0v) is 12.1. The molecule has 2 saturated carbocycles. The number of fused-ring (bicyclic) bond motifs is 2. The number of hydrogen-bond acceptors (Lipinski definition) is 2. The van der Waals surface area contributed by atoms with E-state index in [2.05, 4.69) is 12.2 Å². The monoisotopic (exact) mass is 274 g/mol. The quantitative estimate of drug-likeness (QED) is 0.915. The summed E-state index contributed by atoms with van der Waals surface area (Å²) in [5.74, 6) is 1.99. The van der Waals surface area contributed by atoms with Crippen molar-refractivity contribution < 1.29 is 4.79 Å². The van der Waals surface area contributed by atoms with Gasteiger partial charge in [-0.05, 0) is 56.1 Å². The molecule has 1 heterocycles. The second-order valence-electron chi connectivity index (χ2n) is 6.44. The Labute approximate surface area is 119 Å². The van der Waals surface area contributed by atoms with Crippen LogP contribution in [0, 0.1) is 17.8 Å². The van der Waals surface area contributed by atoms with E-state index in [0.717, 1.165) is 11.8 Å². The minimum Gasteiger partial charge on any atom is -0.349 e. The number of nitrogens with one attached hydrogen (secondary N) is 1. The maximum atomic E-state index is 12.3. The summed E-state index contributed by atoms with van der Waals surface area (Å²) >= 11 is 0. The second-order valence-corrected chi connectivity index (χ2v) is 6.44. The fourth-order valence-electron chi connectivity index (χ4n) is 4.07. The molecule has 3 rings (SSSR count). The third-order valence-electron chi connectivity index (χ3n) is 5.16. The highest BCUT2D eigenvalue weighted by Gasteiger charge is 2.42. The molecule has 2 aliphatic rings. The topological polar surface area (TPSA) is 51.1 Å². The predicted octanol–water partition coefficient (Wildman–Crippen LogP) is 1.94. The van der Waals surface area contributed by atoms with Crippen molar-refractivity contribution in [3.8, 4) is 0 Å². The Morgan fingerprint density at radius 1 is 1.40 bits per heavy atom. The molecular formula is C16H22N2O2. The van der Waals surface area contributed by atoms with Gasteiger partial charge in [-0.1, -0.05) is 6.42 Å². The predicted molar refractivity (Wildman–Crippen MR) is 77.5 cm³/mol. The number of hydrogen-bond donors (Lipinski definition) is 1. The summed E-state index contributed by atoms with van der Waals surface area (Å²) < 4.78 is 1.44. The molecule has 4 unspecified atom stereocenters. The molecule has 2 aliphatic carbocycles. The van der Waals surface area contributed by atoms with Gasteiger partial charge in [0.15, 0.2) is 0 Å². The molecule has 1 aromatic rings. The van der Waals surface area contributed by atoms with Crippen molar-refractivity contribution in [3.63, 3.8) is 0 Å². The Kier molecular flexibility index (Phi) is 3.40. The highest BCUT2D eigenvalue weighted by atomic mass is 16.2. The van der Waals surface area contributed by atoms with Crippen LogP contribution in [0.4, 0.5) is 0 Å². The SMILES string of the molecule is CC(NC(=O)c1cccn(C)c1=O)C1CC2CCC1C2. The van der Waals surface area contributed by atoms with Gasteiger partial charge in [-0.2, -0.15) is 0 Å². The standard InChI is InChI=1S/C16H22N2O2/c1-10(14-9-11-5-6-12(14)8-11)17-15(19)13-4-3-7-18(2)16(13)20/h3-4,7,10-12,14H,5-6,8-9H2,1-2H3,(H,17,19). The molecule has 0 spiro atoms. The van der Waals surface area contributed by atoms with Crippen molar-refractivity contribution in [1.29, 1.82) is 0 Å². The first-order valence-corrected chi connectivity index (χ1v) is 7.52. The molecular weight excluding hydrogens is 252 g/mol. The van der Waals surface area contributed by atoms with Crippen LogP contribution in [0.2, 0.25) is 0 Å². The van der Waals surface area contributed by atoms with E-state index in [0.29, 0.717) is 5.92 Å². The first-order chi connectivity index (χ1) is 9.56. The summed E-state index contributed by atoms with van der Waals surface area (Å²) in [6.07, 6.45) is 6.90. The van der Waals surface area contributed by atoms with Gasteiger partial charge in [-0.25, -0.2) is 0 Å². The van der Waals surface area contributed by atoms with E-state index in [1.54, 1.807) is 25.4 Å². The third kappa shape index (κ3) is 2.28. The Hall–Kier alpha value is -1.58. The normalized spacial score (nSPS) is 29.4. The maximum absolute atomic E-state index is 12.3. The number of aryl methyl sites for hydroxylation is 1. The molecule has 1 aromatic heterocycles. The van der Waals surface area contributed by atoms with Crippen LogP contribution in [-0.4, -0.2) is 16.5 Å². The van der Waals surface area contributed by atoms with Crippen LogP contribution in [0.3, 0.4) is 0 Å². The first-order valence-electron chi connectivity index (χ1n) is 7.52. The van der Waals surface area contributed by atoms with E-state index in [9.17, 15) is 9.59 Å². The summed E-state index contributed by atoms with van der Waals surface area (Å²) in [7, 11) is 1.67. The zero-order chi connectivity index (χ0) is 14.3. The lowest BCUT2D eigenvalue weighted by atomic mass is 9.84. The van der Waals surface area contributed by atoms with E-state index in [4.69, 9.17) is 0 Å². The van der Waals surface area contributed by atoms with Gasteiger partial charge in [0.1, 0.15) is 5.56 Å². The van der Waals surface area contributed by atoms with E-state index >= 15 is 0 Å². The van der Waals surface area contributed by atoms with Crippen LogP contribution in [-0.2, 0) is 7.05 Å². The van der Waals surface area contributed by atoms with Crippen molar-refractivity contribution in [2.24, 2.45) is 24.8 Å². The summed E-state index contributed by atoms with van der Waals surface area (Å²) in [4.78, 5) is 24.2. The minimum absolute atomic E-state index is 0.155. The van der Waals surface area contributed by atoms with E-state index in [1.165, 1.54) is 30.3 Å². The Balaban J connectivity index is 1.70. The van der Waals surface area contributed by atoms with Crippen molar-refractivity contribution in [3.05, 3.63) is 34.2 Å². The summed E-state index contributed by atoms with van der Waals surface area (Å²) in [5, 5.41) is 3.04. The molecule has 0 radical (unpaired) electrons. The van der Waals surface area contributed by atoms with E-state index < -0.39 is 0 Å². The van der Waals surface area contributed by atoms with Gasteiger partial charge in [-0.15, -0.1) is 0 Å². The summed E-state index contributed by atoms with van der Waals surface area (Å²) in [5.41, 5.74) is 0.00940. The highest BCUT2D eigenvalue weighted by Crippen LogP contribution is 2.49. The number of nitrogens with zero attached hydrogens (tertiary/aromatic N) is 1. The van der Waals surface area contributed by atoms with Gasteiger partial charge in [0.05, 0.1) is 0 Å². The van der Waals surface area contributed by atoms with Crippen molar-refractivity contribution in [1.82, 2.24) is 9.88 Å². The van der Waals surface area contributed by atoms with Gasteiger partial charge >= 0.3 is 0 Å². The molecule has 1 amide bonds. The number of amides is 1. The number of pyridine rings is 1. The Morgan fingerprint density at radius 2 is 2.20 bits per heavy atom. The van der Waals surface area contributed by atoms with Gasteiger partial charge in [0.2, 0.25) is 0 Å². The molecule has 0 saturated heterocycles. The average molecular weight is 274 g/mol. The molecule has 4 atom stereocenters. The number of carbonyl (C=O) groups excluding carboxylic acids is 1. The van der Waals surface area contributed by atoms with Crippen molar-refractivity contribution in [2.75, 3.05) is 0 Å². The molecule has 2 bridgehead atoms. The Bertz CT molecular complexity index is 578. The highest BCUT2D eigenvalue weighted by molar-refractivity contribution is 5.93. The smallest absolute Gasteiger partial charge is 0.263 e. The van der Waals surface area contributed by atoms with Crippen molar-refractivity contribution in [2.45, 2.75) is 38.6 Å². The fraction of sp³-hybridized carbons (Fsp3) is 0.625.